The van der Waals surface area contributed by atoms with E-state index in [-0.39, 0.29) is 11.5 Å². The summed E-state index contributed by atoms with van der Waals surface area (Å²) in [5.41, 5.74) is 2.83. The van der Waals surface area contributed by atoms with Crippen molar-refractivity contribution in [1.29, 1.82) is 0 Å². The SMILES string of the molecule is Cc1ccc(O)c(C(=O)c2ccccc2)c1C. The Morgan fingerprint density at radius 2 is 1.65 bits per heavy atom. The number of phenolic OH excluding ortho intramolecular Hbond substituents is 1. The molecule has 0 saturated heterocycles. The van der Waals surface area contributed by atoms with Gasteiger partial charge < -0.3 is 5.11 Å². The van der Waals surface area contributed by atoms with E-state index < -0.39 is 0 Å². The highest BCUT2D eigenvalue weighted by atomic mass is 16.3. The molecular weight excluding hydrogens is 212 g/mol. The van der Waals surface area contributed by atoms with E-state index >= 15 is 0 Å². The highest BCUT2D eigenvalue weighted by Crippen LogP contribution is 2.26. The van der Waals surface area contributed by atoms with Gasteiger partial charge in [0.25, 0.3) is 0 Å². The molecule has 0 saturated carbocycles. The zero-order valence-electron chi connectivity index (χ0n) is 9.90. The summed E-state index contributed by atoms with van der Waals surface area (Å²) >= 11 is 0. The molecule has 0 aliphatic carbocycles. The van der Waals surface area contributed by atoms with Crippen molar-refractivity contribution in [2.75, 3.05) is 0 Å². The standard InChI is InChI=1S/C15H14O2/c1-10-8-9-13(16)14(11(10)2)15(17)12-6-4-3-5-7-12/h3-9,16H,1-2H3. The third-order valence-electron chi connectivity index (χ3n) is 2.98. The summed E-state index contributed by atoms with van der Waals surface area (Å²) in [6.45, 7) is 3.78. The highest BCUT2D eigenvalue weighted by Gasteiger charge is 2.16. The first-order valence-corrected chi connectivity index (χ1v) is 5.50. The van der Waals surface area contributed by atoms with Crippen LogP contribution in [0.5, 0.6) is 5.75 Å². The van der Waals surface area contributed by atoms with E-state index in [1.807, 2.05) is 38.1 Å². The zero-order chi connectivity index (χ0) is 12.4. The number of hydrogen-bond donors (Lipinski definition) is 1. The van der Waals surface area contributed by atoms with Gasteiger partial charge >= 0.3 is 0 Å². The molecule has 0 unspecified atom stereocenters. The van der Waals surface area contributed by atoms with Crippen molar-refractivity contribution in [3.05, 3.63) is 64.7 Å². The number of aryl methyl sites for hydroxylation is 1. The van der Waals surface area contributed by atoms with Gasteiger partial charge in [-0.05, 0) is 31.0 Å². The summed E-state index contributed by atoms with van der Waals surface area (Å²) in [5.74, 6) is -0.0914. The van der Waals surface area contributed by atoms with E-state index in [1.165, 1.54) is 0 Å². The molecule has 2 nitrogen and oxygen atoms in total. The Morgan fingerprint density at radius 3 is 2.29 bits per heavy atom. The van der Waals surface area contributed by atoms with Gasteiger partial charge in [0.1, 0.15) is 5.75 Å². The average molecular weight is 226 g/mol. The Labute approximate surface area is 101 Å². The number of phenols is 1. The molecule has 17 heavy (non-hydrogen) atoms. The molecular formula is C15H14O2. The summed E-state index contributed by atoms with van der Waals surface area (Å²) in [6, 6.07) is 12.4. The van der Waals surface area contributed by atoms with E-state index in [0.717, 1.165) is 11.1 Å². The molecule has 0 aliphatic heterocycles. The Bertz CT molecular complexity index is 557. The number of carbonyl (C=O) groups excluding carboxylic acids is 1. The van der Waals surface area contributed by atoms with Crippen molar-refractivity contribution in [2.45, 2.75) is 13.8 Å². The Morgan fingerprint density at radius 1 is 1.00 bits per heavy atom. The maximum absolute atomic E-state index is 12.3. The van der Waals surface area contributed by atoms with Gasteiger partial charge in [-0.1, -0.05) is 36.4 Å². The first-order chi connectivity index (χ1) is 8.11. The van der Waals surface area contributed by atoms with E-state index in [2.05, 4.69) is 0 Å². The Hall–Kier alpha value is -2.09. The zero-order valence-corrected chi connectivity index (χ0v) is 9.90. The van der Waals surface area contributed by atoms with Crippen LogP contribution in [0, 0.1) is 13.8 Å². The normalized spacial score (nSPS) is 10.2. The second-order valence-electron chi connectivity index (χ2n) is 4.10. The molecule has 2 aromatic rings. The first kappa shape index (κ1) is 11.4. The molecule has 0 spiro atoms. The number of hydrogen-bond acceptors (Lipinski definition) is 2. The molecule has 0 radical (unpaired) electrons. The molecule has 1 N–H and O–H groups in total. The molecule has 86 valence electrons. The van der Waals surface area contributed by atoms with E-state index in [9.17, 15) is 9.90 Å². The summed E-state index contributed by atoms with van der Waals surface area (Å²) in [4.78, 5) is 12.3. The summed E-state index contributed by atoms with van der Waals surface area (Å²) in [7, 11) is 0. The smallest absolute Gasteiger partial charge is 0.197 e. The van der Waals surface area contributed by atoms with Crippen LogP contribution >= 0.6 is 0 Å². The lowest BCUT2D eigenvalue weighted by atomic mass is 9.95. The van der Waals surface area contributed by atoms with Crippen LogP contribution in [-0.4, -0.2) is 10.9 Å². The van der Waals surface area contributed by atoms with Gasteiger partial charge in [0, 0.05) is 5.56 Å². The maximum Gasteiger partial charge on any atom is 0.197 e. The highest BCUT2D eigenvalue weighted by molar-refractivity contribution is 6.11. The van der Waals surface area contributed by atoms with Crippen LogP contribution in [-0.2, 0) is 0 Å². The third-order valence-corrected chi connectivity index (χ3v) is 2.98. The van der Waals surface area contributed by atoms with Gasteiger partial charge in [-0.25, -0.2) is 0 Å². The Kier molecular flexibility index (Phi) is 2.96. The minimum Gasteiger partial charge on any atom is -0.507 e. The quantitative estimate of drug-likeness (QED) is 0.798. The van der Waals surface area contributed by atoms with Gasteiger partial charge in [0.2, 0.25) is 0 Å². The van der Waals surface area contributed by atoms with Crippen LogP contribution in [0.2, 0.25) is 0 Å². The van der Waals surface area contributed by atoms with Gasteiger partial charge in [0.05, 0.1) is 5.56 Å². The molecule has 2 rings (SSSR count). The third kappa shape index (κ3) is 2.07. The number of carbonyl (C=O) groups is 1. The molecule has 0 heterocycles. The molecule has 2 heteroatoms. The summed E-state index contributed by atoms with van der Waals surface area (Å²) in [6.07, 6.45) is 0. The van der Waals surface area contributed by atoms with E-state index in [0.29, 0.717) is 11.1 Å². The van der Waals surface area contributed by atoms with E-state index in [4.69, 9.17) is 0 Å². The van der Waals surface area contributed by atoms with Gasteiger partial charge in [-0.3, -0.25) is 4.79 Å². The van der Waals surface area contributed by atoms with Crippen molar-refractivity contribution in [3.8, 4) is 5.75 Å². The van der Waals surface area contributed by atoms with Gasteiger partial charge in [-0.2, -0.15) is 0 Å². The Balaban J connectivity index is 2.56. The fourth-order valence-corrected chi connectivity index (χ4v) is 1.82. The van der Waals surface area contributed by atoms with Crippen molar-refractivity contribution < 1.29 is 9.90 Å². The summed E-state index contributed by atoms with van der Waals surface area (Å²) < 4.78 is 0. The van der Waals surface area contributed by atoms with Gasteiger partial charge in [-0.15, -0.1) is 0 Å². The van der Waals surface area contributed by atoms with Crippen LogP contribution in [0.15, 0.2) is 42.5 Å². The molecule has 0 bridgehead atoms. The second-order valence-corrected chi connectivity index (χ2v) is 4.10. The number of aromatic hydroxyl groups is 1. The lowest BCUT2D eigenvalue weighted by Gasteiger charge is -2.10. The maximum atomic E-state index is 12.3. The first-order valence-electron chi connectivity index (χ1n) is 5.50. The average Bonchev–Trinajstić information content (AvgIpc) is 2.35. The molecule has 0 fully saturated rings. The van der Waals surface area contributed by atoms with Crippen molar-refractivity contribution in [2.24, 2.45) is 0 Å². The molecule has 2 aromatic carbocycles. The topological polar surface area (TPSA) is 37.3 Å². The van der Waals surface area contributed by atoms with Crippen LogP contribution in [0.25, 0.3) is 0 Å². The lowest BCUT2D eigenvalue weighted by molar-refractivity contribution is 0.103. The van der Waals surface area contributed by atoms with Crippen LogP contribution in [0.4, 0.5) is 0 Å². The molecule has 0 aliphatic rings. The number of rotatable bonds is 2. The molecule has 0 atom stereocenters. The predicted molar refractivity (Wildman–Crippen MR) is 67.5 cm³/mol. The molecule has 0 amide bonds. The van der Waals surface area contributed by atoms with Crippen molar-refractivity contribution >= 4 is 5.78 Å². The minimum atomic E-state index is -0.135. The van der Waals surface area contributed by atoms with E-state index in [1.54, 1.807) is 18.2 Å². The monoisotopic (exact) mass is 226 g/mol. The number of benzene rings is 2. The predicted octanol–water partition coefficient (Wildman–Crippen LogP) is 3.24. The second kappa shape index (κ2) is 4.42. The number of ketones is 1. The molecule has 0 aromatic heterocycles. The van der Waals surface area contributed by atoms with Crippen LogP contribution in [0.1, 0.15) is 27.0 Å². The van der Waals surface area contributed by atoms with Crippen LogP contribution in [0.3, 0.4) is 0 Å². The fraction of sp³-hybridized carbons (Fsp3) is 0.133. The van der Waals surface area contributed by atoms with Gasteiger partial charge in [0.15, 0.2) is 5.78 Å². The minimum absolute atomic E-state index is 0.0435. The van der Waals surface area contributed by atoms with Crippen LogP contribution < -0.4 is 0 Å². The van der Waals surface area contributed by atoms with Crippen molar-refractivity contribution in [3.63, 3.8) is 0 Å². The lowest BCUT2D eigenvalue weighted by Crippen LogP contribution is -2.05. The summed E-state index contributed by atoms with van der Waals surface area (Å²) in [5, 5.41) is 9.83. The van der Waals surface area contributed by atoms with Crippen molar-refractivity contribution in [1.82, 2.24) is 0 Å². The largest absolute Gasteiger partial charge is 0.507 e. The fourth-order valence-electron chi connectivity index (χ4n) is 1.82.